The molecule has 0 atom stereocenters. The summed E-state index contributed by atoms with van der Waals surface area (Å²) in [7, 11) is 1.86. The number of nitrogens with one attached hydrogen (secondary N) is 1. The van der Waals surface area contributed by atoms with Crippen LogP contribution in [0.25, 0.3) is 11.0 Å². The lowest BCUT2D eigenvalue weighted by molar-refractivity contribution is 0.494. The maximum atomic E-state index is 14.1. The molecular weight excluding hydrogens is 229 g/mol. The predicted octanol–water partition coefficient (Wildman–Crippen LogP) is 3.90. The molecule has 0 aliphatic carbocycles. The number of aryl methyl sites for hydroxylation is 1. The van der Waals surface area contributed by atoms with Crippen LogP contribution >= 0.6 is 0 Å². The topological polar surface area (TPSA) is 25.2 Å². The van der Waals surface area contributed by atoms with E-state index in [1.165, 1.54) is 6.07 Å². The first-order valence-electron chi connectivity index (χ1n) is 6.22. The number of halogens is 1. The molecule has 0 spiro atoms. The van der Waals surface area contributed by atoms with Gasteiger partial charge in [0.25, 0.3) is 0 Å². The van der Waals surface area contributed by atoms with Gasteiger partial charge in [0.05, 0.1) is 11.9 Å². The molecule has 2 rings (SSSR count). The van der Waals surface area contributed by atoms with E-state index in [4.69, 9.17) is 4.42 Å². The summed E-state index contributed by atoms with van der Waals surface area (Å²) in [5, 5.41) is 3.71. The Hall–Kier alpha value is -1.35. The molecule has 0 fully saturated rings. The van der Waals surface area contributed by atoms with Crippen LogP contribution in [0, 0.1) is 12.7 Å². The molecule has 18 heavy (non-hydrogen) atoms. The monoisotopic (exact) mass is 249 g/mol. The van der Waals surface area contributed by atoms with E-state index in [0.29, 0.717) is 17.5 Å². The van der Waals surface area contributed by atoms with Gasteiger partial charge in [-0.2, -0.15) is 0 Å². The molecule has 1 heterocycles. The van der Waals surface area contributed by atoms with Crippen molar-refractivity contribution in [3.8, 4) is 0 Å². The Balaban J connectivity index is 2.85. The maximum Gasteiger partial charge on any atom is 0.140 e. The first kappa shape index (κ1) is 13.1. The molecule has 1 aromatic carbocycles. The molecule has 2 nitrogen and oxygen atoms in total. The lowest BCUT2D eigenvalue weighted by Gasteiger charge is -2.19. The van der Waals surface area contributed by atoms with Crippen molar-refractivity contribution in [3.63, 3.8) is 0 Å². The Morgan fingerprint density at radius 1 is 1.28 bits per heavy atom. The van der Waals surface area contributed by atoms with Gasteiger partial charge in [0.15, 0.2) is 0 Å². The molecule has 0 saturated heterocycles. The van der Waals surface area contributed by atoms with Crippen molar-refractivity contribution < 1.29 is 8.81 Å². The van der Waals surface area contributed by atoms with Crippen LogP contribution < -0.4 is 5.32 Å². The molecular formula is C15H20FNO. The fourth-order valence-corrected chi connectivity index (χ4v) is 2.42. The summed E-state index contributed by atoms with van der Waals surface area (Å²) >= 11 is 0. The number of rotatable bonds is 2. The van der Waals surface area contributed by atoms with Gasteiger partial charge in [-0.15, -0.1) is 0 Å². The zero-order valence-electron chi connectivity index (χ0n) is 11.6. The zero-order valence-corrected chi connectivity index (χ0v) is 11.6. The van der Waals surface area contributed by atoms with Gasteiger partial charge in [0, 0.05) is 5.56 Å². The Bertz CT molecular complexity index is 578. The summed E-state index contributed by atoms with van der Waals surface area (Å²) in [5.74, 6) is 0.625. The molecule has 0 bridgehead atoms. The number of hydrogen-bond acceptors (Lipinski definition) is 2. The van der Waals surface area contributed by atoms with E-state index in [1.54, 1.807) is 6.07 Å². The normalized spacial score (nSPS) is 12.3. The van der Waals surface area contributed by atoms with Gasteiger partial charge >= 0.3 is 0 Å². The van der Waals surface area contributed by atoms with Gasteiger partial charge in [0.1, 0.15) is 17.2 Å². The van der Waals surface area contributed by atoms with Crippen molar-refractivity contribution in [2.24, 2.45) is 0 Å². The molecule has 0 radical (unpaired) electrons. The second-order valence-electron chi connectivity index (χ2n) is 5.75. The van der Waals surface area contributed by atoms with Crippen LogP contribution in [0.5, 0.6) is 0 Å². The van der Waals surface area contributed by atoms with Crippen LogP contribution in [0.4, 0.5) is 4.39 Å². The minimum absolute atomic E-state index is 0.147. The summed E-state index contributed by atoms with van der Waals surface area (Å²) < 4.78 is 20.0. The molecule has 2 aromatic rings. The van der Waals surface area contributed by atoms with Crippen molar-refractivity contribution >= 4 is 11.0 Å². The Morgan fingerprint density at radius 2 is 1.94 bits per heavy atom. The average molecular weight is 249 g/mol. The van der Waals surface area contributed by atoms with Crippen molar-refractivity contribution in [2.45, 2.75) is 39.7 Å². The first-order chi connectivity index (χ1) is 8.36. The minimum Gasteiger partial charge on any atom is -0.459 e. The highest BCUT2D eigenvalue weighted by atomic mass is 19.1. The first-order valence-corrected chi connectivity index (χ1v) is 6.22. The molecule has 98 valence electrons. The quantitative estimate of drug-likeness (QED) is 0.873. The fourth-order valence-electron chi connectivity index (χ4n) is 2.42. The van der Waals surface area contributed by atoms with Gasteiger partial charge < -0.3 is 9.73 Å². The molecule has 3 heteroatoms. The minimum atomic E-state index is -0.202. The van der Waals surface area contributed by atoms with Crippen molar-refractivity contribution in [2.75, 3.05) is 7.05 Å². The Morgan fingerprint density at radius 3 is 2.50 bits per heavy atom. The van der Waals surface area contributed by atoms with Gasteiger partial charge in [0.2, 0.25) is 0 Å². The molecule has 0 aliphatic heterocycles. The highest BCUT2D eigenvalue weighted by Gasteiger charge is 2.27. The Kier molecular flexibility index (Phi) is 3.20. The summed E-state index contributed by atoms with van der Waals surface area (Å²) in [6, 6.07) is 3.28. The number of fused-ring (bicyclic) bond motifs is 1. The summed E-state index contributed by atoms with van der Waals surface area (Å²) in [4.78, 5) is 0. The molecule has 0 saturated carbocycles. The van der Waals surface area contributed by atoms with Gasteiger partial charge in [-0.3, -0.25) is 0 Å². The van der Waals surface area contributed by atoms with Crippen LogP contribution in [0.3, 0.4) is 0 Å². The average Bonchev–Trinajstić information content (AvgIpc) is 2.64. The van der Waals surface area contributed by atoms with E-state index in [1.807, 2.05) is 14.0 Å². The predicted molar refractivity (Wildman–Crippen MR) is 72.4 cm³/mol. The maximum absolute atomic E-state index is 14.1. The van der Waals surface area contributed by atoms with Crippen LogP contribution in [-0.4, -0.2) is 7.05 Å². The third-order valence-corrected chi connectivity index (χ3v) is 3.15. The molecule has 0 amide bonds. The summed E-state index contributed by atoms with van der Waals surface area (Å²) in [6.45, 7) is 8.80. The van der Waals surface area contributed by atoms with E-state index < -0.39 is 0 Å². The second-order valence-corrected chi connectivity index (χ2v) is 5.75. The third-order valence-electron chi connectivity index (χ3n) is 3.15. The largest absolute Gasteiger partial charge is 0.459 e. The standard InChI is InChI=1S/C15H20FNO/c1-9-6-7-10(16)12-13(15(2,3)4)11(8-17-5)18-14(9)12/h6-7,17H,8H2,1-5H3. The lowest BCUT2D eigenvalue weighted by Crippen LogP contribution is -2.16. The number of hydrogen-bond donors (Lipinski definition) is 1. The van der Waals surface area contributed by atoms with Gasteiger partial charge in [-0.1, -0.05) is 26.8 Å². The fraction of sp³-hybridized carbons (Fsp3) is 0.467. The number of benzene rings is 1. The smallest absolute Gasteiger partial charge is 0.140 e. The van der Waals surface area contributed by atoms with Crippen LogP contribution in [0.2, 0.25) is 0 Å². The van der Waals surface area contributed by atoms with Crippen molar-refractivity contribution in [1.29, 1.82) is 0 Å². The van der Waals surface area contributed by atoms with Crippen LogP contribution in [0.1, 0.15) is 37.7 Å². The summed E-state index contributed by atoms with van der Waals surface area (Å²) in [6.07, 6.45) is 0. The SMILES string of the molecule is CNCc1oc2c(C)ccc(F)c2c1C(C)(C)C. The molecule has 0 unspecified atom stereocenters. The van der Waals surface area contributed by atoms with Crippen LogP contribution in [-0.2, 0) is 12.0 Å². The van der Waals surface area contributed by atoms with Gasteiger partial charge in [-0.25, -0.2) is 4.39 Å². The molecule has 0 aliphatic rings. The van der Waals surface area contributed by atoms with E-state index in [2.05, 4.69) is 26.1 Å². The lowest BCUT2D eigenvalue weighted by atomic mass is 9.84. The van der Waals surface area contributed by atoms with E-state index in [9.17, 15) is 4.39 Å². The van der Waals surface area contributed by atoms with E-state index >= 15 is 0 Å². The van der Waals surface area contributed by atoms with Crippen molar-refractivity contribution in [3.05, 3.63) is 34.8 Å². The van der Waals surface area contributed by atoms with Crippen molar-refractivity contribution in [1.82, 2.24) is 5.32 Å². The van der Waals surface area contributed by atoms with E-state index in [0.717, 1.165) is 16.9 Å². The third kappa shape index (κ3) is 2.03. The van der Waals surface area contributed by atoms with Crippen LogP contribution in [0.15, 0.2) is 16.5 Å². The Labute approximate surface area is 107 Å². The zero-order chi connectivity index (χ0) is 13.5. The number of furan rings is 1. The summed E-state index contributed by atoms with van der Waals surface area (Å²) in [5.41, 5.74) is 2.46. The second kappa shape index (κ2) is 4.39. The molecule has 1 N–H and O–H groups in total. The van der Waals surface area contributed by atoms with E-state index in [-0.39, 0.29) is 11.2 Å². The van der Waals surface area contributed by atoms with Gasteiger partial charge in [-0.05, 0) is 31.0 Å². The highest BCUT2D eigenvalue weighted by molar-refractivity contribution is 5.86. The highest BCUT2D eigenvalue weighted by Crippen LogP contribution is 2.38. The molecule has 1 aromatic heterocycles.